The predicted molar refractivity (Wildman–Crippen MR) is 153 cm³/mol. The summed E-state index contributed by atoms with van der Waals surface area (Å²) < 4.78 is 2.09. The van der Waals surface area contributed by atoms with Crippen molar-refractivity contribution in [1.82, 2.24) is 14.9 Å². The molecule has 1 N–H and O–H groups in total. The number of amides is 2. The first-order valence-electron chi connectivity index (χ1n) is 13.7. The van der Waals surface area contributed by atoms with Gasteiger partial charge in [0.25, 0.3) is 5.91 Å². The topological polar surface area (TPSA) is 67.2 Å². The molecular formula is C32H36N4O2. The van der Waals surface area contributed by atoms with E-state index in [0.29, 0.717) is 6.54 Å². The number of anilines is 1. The molecular weight excluding hydrogens is 472 g/mol. The van der Waals surface area contributed by atoms with E-state index in [9.17, 15) is 9.59 Å². The van der Waals surface area contributed by atoms with Crippen LogP contribution >= 0.6 is 0 Å². The highest BCUT2D eigenvalue weighted by Crippen LogP contribution is 2.27. The van der Waals surface area contributed by atoms with Gasteiger partial charge in [0.15, 0.2) is 0 Å². The number of rotatable bonds is 9. The van der Waals surface area contributed by atoms with E-state index in [-0.39, 0.29) is 18.4 Å². The average molecular weight is 509 g/mol. The summed E-state index contributed by atoms with van der Waals surface area (Å²) in [7, 11) is 0. The van der Waals surface area contributed by atoms with Crippen molar-refractivity contribution >= 4 is 28.5 Å². The van der Waals surface area contributed by atoms with Gasteiger partial charge in [-0.1, -0.05) is 54.4 Å². The maximum atomic E-state index is 13.5. The smallest absolute Gasteiger partial charge is 0.251 e. The first-order valence-corrected chi connectivity index (χ1v) is 13.7. The monoisotopic (exact) mass is 508 g/mol. The Morgan fingerprint density at radius 2 is 1.76 bits per heavy atom. The van der Waals surface area contributed by atoms with Gasteiger partial charge in [0.1, 0.15) is 12.4 Å². The van der Waals surface area contributed by atoms with Gasteiger partial charge in [0.05, 0.1) is 11.0 Å². The van der Waals surface area contributed by atoms with Crippen LogP contribution in [0, 0.1) is 13.8 Å². The zero-order valence-corrected chi connectivity index (χ0v) is 22.4. The lowest BCUT2D eigenvalue weighted by atomic mass is 10.0. The number of carbonyl (C=O) groups excluding carboxylic acids is 2. The number of hydrogen-bond donors (Lipinski definition) is 1. The Bertz CT molecular complexity index is 1460. The Labute approximate surface area is 224 Å². The van der Waals surface area contributed by atoms with E-state index < -0.39 is 0 Å². The number of carbonyl (C=O) groups is 2. The lowest BCUT2D eigenvalue weighted by molar-refractivity contribution is -0.119. The van der Waals surface area contributed by atoms with Crippen LogP contribution in [-0.2, 0) is 24.2 Å². The molecule has 6 heteroatoms. The molecule has 0 atom stereocenters. The molecule has 0 bridgehead atoms. The minimum atomic E-state index is -0.0120. The Balaban J connectivity index is 1.19. The molecule has 2 heterocycles. The molecule has 3 aromatic carbocycles. The fourth-order valence-electron chi connectivity index (χ4n) is 5.46. The van der Waals surface area contributed by atoms with Crippen molar-refractivity contribution in [3.63, 3.8) is 0 Å². The molecule has 0 aliphatic carbocycles. The minimum Gasteiger partial charge on any atom is -0.352 e. The molecule has 4 aromatic rings. The number of hydrogen-bond acceptors (Lipinski definition) is 3. The second-order valence-corrected chi connectivity index (χ2v) is 10.3. The maximum Gasteiger partial charge on any atom is 0.251 e. The standard InChI is InChI=1S/C32H36N4O2/c1-23-17-18-26(24(2)21-23)32(38)33-19-9-3-4-16-30-34-27-13-6-8-15-29(27)36(30)22-31(37)35-20-10-12-25-11-5-7-14-28(25)35/h5-8,11,13-15,17-18,21H,3-4,9-10,12,16,19-20,22H2,1-2H3,(H,33,38). The first kappa shape index (κ1) is 25.7. The normalized spacial score (nSPS) is 12.9. The highest BCUT2D eigenvalue weighted by molar-refractivity contribution is 5.96. The largest absolute Gasteiger partial charge is 0.352 e. The third-order valence-electron chi connectivity index (χ3n) is 7.43. The van der Waals surface area contributed by atoms with Crippen molar-refractivity contribution in [3.05, 3.63) is 94.8 Å². The lowest BCUT2D eigenvalue weighted by Gasteiger charge is -2.29. The number of fused-ring (bicyclic) bond motifs is 2. The molecule has 6 nitrogen and oxygen atoms in total. The van der Waals surface area contributed by atoms with Gasteiger partial charge >= 0.3 is 0 Å². The highest BCUT2D eigenvalue weighted by Gasteiger charge is 2.24. The SMILES string of the molecule is Cc1ccc(C(=O)NCCCCCc2nc3ccccc3n2CC(=O)N2CCCc3ccccc32)c(C)c1. The quantitative estimate of drug-likeness (QED) is 0.292. The van der Waals surface area contributed by atoms with Crippen LogP contribution in [-0.4, -0.2) is 34.5 Å². The number of nitrogens with one attached hydrogen (secondary N) is 1. The van der Waals surface area contributed by atoms with E-state index in [0.717, 1.165) is 84.3 Å². The minimum absolute atomic E-state index is 0.0120. The number of benzene rings is 3. The van der Waals surface area contributed by atoms with Crippen LogP contribution in [0.2, 0.25) is 0 Å². The summed E-state index contributed by atoms with van der Waals surface area (Å²) in [4.78, 5) is 32.8. The van der Waals surface area contributed by atoms with Gasteiger partial charge in [-0.3, -0.25) is 9.59 Å². The van der Waals surface area contributed by atoms with Crippen LogP contribution in [0.3, 0.4) is 0 Å². The Kier molecular flexibility index (Phi) is 7.87. The number of unbranched alkanes of at least 4 members (excludes halogenated alkanes) is 2. The van der Waals surface area contributed by atoms with Crippen molar-refractivity contribution < 1.29 is 9.59 Å². The Morgan fingerprint density at radius 3 is 2.63 bits per heavy atom. The molecule has 0 saturated heterocycles. The number of aryl methyl sites for hydroxylation is 4. The molecule has 1 aliphatic rings. The third kappa shape index (κ3) is 5.64. The van der Waals surface area contributed by atoms with Crippen molar-refractivity contribution in [1.29, 1.82) is 0 Å². The van der Waals surface area contributed by atoms with Crippen LogP contribution in [0.1, 0.15) is 58.6 Å². The summed E-state index contributed by atoms with van der Waals surface area (Å²) >= 11 is 0. The number of para-hydroxylation sites is 3. The maximum absolute atomic E-state index is 13.5. The number of nitrogens with zero attached hydrogens (tertiary/aromatic N) is 3. The summed E-state index contributed by atoms with van der Waals surface area (Å²) in [5, 5.41) is 3.05. The van der Waals surface area contributed by atoms with Crippen molar-refractivity contribution in [2.24, 2.45) is 0 Å². The molecule has 0 radical (unpaired) electrons. The van der Waals surface area contributed by atoms with Gasteiger partial charge in [-0.05, 0) is 74.9 Å². The van der Waals surface area contributed by atoms with E-state index in [4.69, 9.17) is 4.98 Å². The summed E-state index contributed by atoms with van der Waals surface area (Å²) in [6.07, 6.45) is 5.63. The zero-order valence-electron chi connectivity index (χ0n) is 22.4. The van der Waals surface area contributed by atoms with E-state index in [2.05, 4.69) is 22.0 Å². The molecule has 5 rings (SSSR count). The molecule has 1 aromatic heterocycles. The van der Waals surface area contributed by atoms with Gasteiger partial charge in [-0.2, -0.15) is 0 Å². The molecule has 38 heavy (non-hydrogen) atoms. The summed E-state index contributed by atoms with van der Waals surface area (Å²) in [6.45, 7) is 5.70. The van der Waals surface area contributed by atoms with Gasteiger partial charge in [0.2, 0.25) is 5.91 Å². The van der Waals surface area contributed by atoms with Crippen LogP contribution < -0.4 is 10.2 Å². The molecule has 2 amide bonds. The van der Waals surface area contributed by atoms with E-state index in [1.165, 1.54) is 5.56 Å². The zero-order chi connectivity index (χ0) is 26.5. The van der Waals surface area contributed by atoms with Gasteiger partial charge in [-0.15, -0.1) is 0 Å². The summed E-state index contributed by atoms with van der Waals surface area (Å²) in [5.74, 6) is 1.04. The van der Waals surface area contributed by atoms with Gasteiger partial charge in [-0.25, -0.2) is 4.98 Å². The number of aromatic nitrogens is 2. The molecule has 0 fully saturated rings. The van der Waals surface area contributed by atoms with Crippen molar-refractivity contribution in [3.8, 4) is 0 Å². The fourth-order valence-corrected chi connectivity index (χ4v) is 5.46. The molecule has 196 valence electrons. The average Bonchev–Trinajstić information content (AvgIpc) is 3.27. The molecule has 0 spiro atoms. The second-order valence-electron chi connectivity index (χ2n) is 10.3. The van der Waals surface area contributed by atoms with Crippen LogP contribution in [0.5, 0.6) is 0 Å². The fraction of sp³-hybridized carbons (Fsp3) is 0.344. The van der Waals surface area contributed by atoms with Crippen LogP contribution in [0.4, 0.5) is 5.69 Å². The van der Waals surface area contributed by atoms with E-state index >= 15 is 0 Å². The molecule has 1 aliphatic heterocycles. The van der Waals surface area contributed by atoms with E-state index in [1.54, 1.807) is 0 Å². The van der Waals surface area contributed by atoms with E-state index in [1.807, 2.05) is 73.3 Å². The van der Waals surface area contributed by atoms with Crippen LogP contribution in [0.25, 0.3) is 11.0 Å². The summed E-state index contributed by atoms with van der Waals surface area (Å²) in [5.41, 5.74) is 7.11. The van der Waals surface area contributed by atoms with Crippen LogP contribution in [0.15, 0.2) is 66.7 Å². The lowest BCUT2D eigenvalue weighted by Crippen LogP contribution is -2.38. The second kappa shape index (κ2) is 11.6. The van der Waals surface area contributed by atoms with Crippen molar-refractivity contribution in [2.45, 2.75) is 58.9 Å². The Morgan fingerprint density at radius 1 is 0.947 bits per heavy atom. The van der Waals surface area contributed by atoms with Gasteiger partial charge < -0.3 is 14.8 Å². The third-order valence-corrected chi connectivity index (χ3v) is 7.43. The van der Waals surface area contributed by atoms with Crippen molar-refractivity contribution in [2.75, 3.05) is 18.0 Å². The Hall–Kier alpha value is -3.93. The van der Waals surface area contributed by atoms with Gasteiger partial charge in [0, 0.05) is 30.8 Å². The molecule has 0 unspecified atom stereocenters. The molecule has 0 saturated carbocycles. The summed E-state index contributed by atoms with van der Waals surface area (Å²) in [6, 6.07) is 22.2. The highest BCUT2D eigenvalue weighted by atomic mass is 16.2. The predicted octanol–water partition coefficient (Wildman–Crippen LogP) is 5.78. The number of imidazole rings is 1. The first-order chi connectivity index (χ1) is 18.5.